The van der Waals surface area contributed by atoms with Crippen LogP contribution in [0.25, 0.3) is 0 Å². The second kappa shape index (κ2) is 5.60. The Balaban J connectivity index is 2.48. The van der Waals surface area contributed by atoms with E-state index >= 15 is 0 Å². The highest BCUT2D eigenvalue weighted by Crippen LogP contribution is 2.29. The van der Waals surface area contributed by atoms with Crippen molar-refractivity contribution in [3.8, 4) is 11.7 Å². The SMILES string of the molecule is CC(=O)c1c(O)c(C(=O)Nc2cccc(N)c2)c(O)oc1=O. The maximum Gasteiger partial charge on any atom is 0.353 e. The zero-order chi connectivity index (χ0) is 16.4. The summed E-state index contributed by atoms with van der Waals surface area (Å²) in [5, 5.41) is 21.8. The molecule has 22 heavy (non-hydrogen) atoms. The van der Waals surface area contributed by atoms with Crippen molar-refractivity contribution in [3.05, 3.63) is 45.8 Å². The summed E-state index contributed by atoms with van der Waals surface area (Å²) in [5.74, 6) is -3.80. The van der Waals surface area contributed by atoms with E-state index in [-0.39, 0.29) is 0 Å². The van der Waals surface area contributed by atoms with Gasteiger partial charge in [-0.1, -0.05) is 6.07 Å². The largest absolute Gasteiger partial charge is 0.506 e. The second-order valence-electron chi connectivity index (χ2n) is 4.43. The highest BCUT2D eigenvalue weighted by atomic mass is 16.5. The number of aromatic hydroxyl groups is 2. The molecular weight excluding hydrogens is 292 g/mol. The summed E-state index contributed by atoms with van der Waals surface area (Å²) >= 11 is 0. The number of carbonyl (C=O) groups excluding carboxylic acids is 2. The molecular formula is C14H12N2O6. The molecule has 1 amide bonds. The summed E-state index contributed by atoms with van der Waals surface area (Å²) in [7, 11) is 0. The van der Waals surface area contributed by atoms with Crippen LogP contribution in [0.15, 0.2) is 33.5 Å². The van der Waals surface area contributed by atoms with E-state index in [9.17, 15) is 24.6 Å². The van der Waals surface area contributed by atoms with Crippen LogP contribution in [0.2, 0.25) is 0 Å². The molecule has 1 aromatic heterocycles. The van der Waals surface area contributed by atoms with Crippen LogP contribution in [-0.2, 0) is 0 Å². The first-order chi connectivity index (χ1) is 10.3. The lowest BCUT2D eigenvalue weighted by Crippen LogP contribution is -2.18. The number of hydrogen-bond acceptors (Lipinski definition) is 7. The Morgan fingerprint density at radius 2 is 1.91 bits per heavy atom. The third-order valence-electron chi connectivity index (χ3n) is 2.80. The van der Waals surface area contributed by atoms with Crippen molar-refractivity contribution >= 4 is 23.1 Å². The molecule has 0 spiro atoms. The van der Waals surface area contributed by atoms with E-state index in [1.54, 1.807) is 12.1 Å². The van der Waals surface area contributed by atoms with Crippen molar-refractivity contribution in [1.82, 2.24) is 0 Å². The van der Waals surface area contributed by atoms with Gasteiger partial charge in [0.15, 0.2) is 17.1 Å². The maximum atomic E-state index is 12.1. The Morgan fingerprint density at radius 1 is 1.23 bits per heavy atom. The molecule has 8 heteroatoms. The van der Waals surface area contributed by atoms with Gasteiger partial charge >= 0.3 is 11.6 Å². The monoisotopic (exact) mass is 304 g/mol. The van der Waals surface area contributed by atoms with Crippen molar-refractivity contribution in [2.75, 3.05) is 11.1 Å². The summed E-state index contributed by atoms with van der Waals surface area (Å²) < 4.78 is 4.40. The molecule has 0 atom stereocenters. The standard InChI is InChI=1S/C14H12N2O6/c1-6(17)9-11(18)10(14(21)22-13(9)20)12(19)16-8-4-2-3-7(15)5-8/h2-5,18,21H,15H2,1H3,(H,16,19). The molecule has 1 aromatic carbocycles. The summed E-state index contributed by atoms with van der Waals surface area (Å²) in [5.41, 5.74) is 3.58. The minimum absolute atomic E-state index is 0.291. The highest BCUT2D eigenvalue weighted by molar-refractivity contribution is 6.10. The van der Waals surface area contributed by atoms with Gasteiger partial charge in [0.05, 0.1) is 0 Å². The summed E-state index contributed by atoms with van der Waals surface area (Å²) in [4.78, 5) is 34.9. The highest BCUT2D eigenvalue weighted by Gasteiger charge is 2.27. The number of carbonyl (C=O) groups is 2. The van der Waals surface area contributed by atoms with E-state index in [1.807, 2.05) is 0 Å². The molecule has 0 aliphatic heterocycles. The Kier molecular flexibility index (Phi) is 3.85. The van der Waals surface area contributed by atoms with E-state index in [0.29, 0.717) is 11.4 Å². The first kappa shape index (κ1) is 15.1. The molecule has 0 aliphatic rings. The smallest absolute Gasteiger partial charge is 0.353 e. The summed E-state index contributed by atoms with van der Waals surface area (Å²) in [6.07, 6.45) is 0. The van der Waals surface area contributed by atoms with Gasteiger partial charge in [0.25, 0.3) is 5.91 Å². The predicted octanol–water partition coefficient (Wildman–Crippen LogP) is 1.09. The topological polar surface area (TPSA) is 143 Å². The van der Waals surface area contributed by atoms with Crippen LogP contribution in [0.4, 0.5) is 11.4 Å². The molecule has 5 N–H and O–H groups in total. The van der Waals surface area contributed by atoms with Crippen molar-refractivity contribution < 1.29 is 24.2 Å². The van der Waals surface area contributed by atoms with Gasteiger partial charge in [0.1, 0.15) is 5.56 Å². The maximum absolute atomic E-state index is 12.1. The van der Waals surface area contributed by atoms with Crippen LogP contribution in [0.1, 0.15) is 27.6 Å². The zero-order valence-corrected chi connectivity index (χ0v) is 11.4. The van der Waals surface area contributed by atoms with Crippen LogP contribution < -0.4 is 16.7 Å². The van der Waals surface area contributed by atoms with Gasteiger partial charge in [-0.3, -0.25) is 9.59 Å². The number of ketones is 1. The third-order valence-corrected chi connectivity index (χ3v) is 2.80. The number of anilines is 2. The molecule has 0 radical (unpaired) electrons. The van der Waals surface area contributed by atoms with Crippen LogP contribution in [-0.4, -0.2) is 21.9 Å². The van der Waals surface area contributed by atoms with Gasteiger partial charge < -0.3 is 25.7 Å². The number of benzene rings is 1. The minimum Gasteiger partial charge on any atom is -0.506 e. The lowest BCUT2D eigenvalue weighted by molar-refractivity contribution is 0.100. The van der Waals surface area contributed by atoms with Crippen LogP contribution in [0.3, 0.4) is 0 Å². The normalized spacial score (nSPS) is 10.2. The number of nitrogens with two attached hydrogens (primary N) is 1. The van der Waals surface area contributed by atoms with Gasteiger partial charge in [0, 0.05) is 11.4 Å². The van der Waals surface area contributed by atoms with Crippen LogP contribution in [0, 0.1) is 0 Å². The Labute approximate surface area is 123 Å². The van der Waals surface area contributed by atoms with Gasteiger partial charge in [-0.25, -0.2) is 4.79 Å². The summed E-state index contributed by atoms with van der Waals surface area (Å²) in [6, 6.07) is 6.14. The fourth-order valence-electron chi connectivity index (χ4n) is 1.84. The van der Waals surface area contributed by atoms with Gasteiger partial charge in [-0.05, 0) is 25.1 Å². The average molecular weight is 304 g/mol. The molecule has 0 fully saturated rings. The molecule has 0 unspecified atom stereocenters. The predicted molar refractivity (Wildman–Crippen MR) is 77.1 cm³/mol. The van der Waals surface area contributed by atoms with E-state index in [4.69, 9.17) is 5.73 Å². The van der Waals surface area contributed by atoms with Crippen LogP contribution in [0.5, 0.6) is 11.7 Å². The molecule has 0 aliphatic carbocycles. The lowest BCUT2D eigenvalue weighted by atomic mass is 10.1. The first-order valence-electron chi connectivity index (χ1n) is 6.08. The number of nitrogens with one attached hydrogen (secondary N) is 1. The van der Waals surface area contributed by atoms with Crippen molar-refractivity contribution in [3.63, 3.8) is 0 Å². The first-order valence-corrected chi connectivity index (χ1v) is 6.08. The molecule has 2 rings (SSSR count). The molecule has 0 saturated carbocycles. The van der Waals surface area contributed by atoms with E-state index in [0.717, 1.165) is 6.92 Å². The van der Waals surface area contributed by atoms with Gasteiger partial charge in [-0.15, -0.1) is 0 Å². The Morgan fingerprint density at radius 3 is 2.50 bits per heavy atom. The van der Waals surface area contributed by atoms with E-state index in [2.05, 4.69) is 9.73 Å². The van der Waals surface area contributed by atoms with Crippen molar-refractivity contribution in [2.45, 2.75) is 6.92 Å². The van der Waals surface area contributed by atoms with E-state index in [1.165, 1.54) is 12.1 Å². The second-order valence-corrected chi connectivity index (χ2v) is 4.43. The third kappa shape index (κ3) is 2.75. The number of Topliss-reactive ketones (excluding diaryl/α,β-unsaturated/α-hetero) is 1. The molecule has 1 heterocycles. The van der Waals surface area contributed by atoms with Gasteiger partial charge in [0.2, 0.25) is 0 Å². The minimum atomic E-state index is -1.23. The van der Waals surface area contributed by atoms with Crippen molar-refractivity contribution in [1.29, 1.82) is 0 Å². The molecule has 2 aromatic rings. The zero-order valence-electron chi connectivity index (χ0n) is 11.4. The number of hydrogen-bond donors (Lipinski definition) is 4. The molecule has 0 saturated heterocycles. The number of rotatable bonds is 3. The fraction of sp³-hybridized carbons (Fsp3) is 0.0714. The molecule has 114 valence electrons. The quantitative estimate of drug-likeness (QED) is 0.491. The van der Waals surface area contributed by atoms with E-state index < -0.39 is 40.1 Å². The Hall–Kier alpha value is -3.29. The fourth-order valence-corrected chi connectivity index (χ4v) is 1.84. The summed E-state index contributed by atoms with van der Waals surface area (Å²) in [6.45, 7) is 1.02. The van der Waals surface area contributed by atoms with Crippen molar-refractivity contribution in [2.24, 2.45) is 0 Å². The number of amides is 1. The molecule has 0 bridgehead atoms. The lowest BCUT2D eigenvalue weighted by Gasteiger charge is -2.09. The molecule has 8 nitrogen and oxygen atoms in total. The van der Waals surface area contributed by atoms with Gasteiger partial charge in [-0.2, -0.15) is 0 Å². The van der Waals surface area contributed by atoms with Crippen LogP contribution >= 0.6 is 0 Å². The number of nitrogen functional groups attached to an aromatic ring is 1. The Bertz CT molecular complexity index is 825. The average Bonchev–Trinajstić information content (AvgIpc) is 2.37.